The number of amides is 2. The van der Waals surface area contributed by atoms with Crippen molar-refractivity contribution in [3.63, 3.8) is 0 Å². The van der Waals surface area contributed by atoms with Gasteiger partial charge in [0.05, 0.1) is 34.8 Å². The molecule has 44 heavy (non-hydrogen) atoms. The van der Waals surface area contributed by atoms with Gasteiger partial charge in [0.1, 0.15) is 23.6 Å². The number of aromatic amines is 1. The molecule has 1 saturated heterocycles. The summed E-state index contributed by atoms with van der Waals surface area (Å²) >= 11 is 0. The summed E-state index contributed by atoms with van der Waals surface area (Å²) in [6.45, 7) is 2.40. The highest BCUT2D eigenvalue weighted by Crippen LogP contribution is 2.40. The minimum Gasteiger partial charge on any atom is -0.392 e. The highest BCUT2D eigenvalue weighted by molar-refractivity contribution is 6.05. The average Bonchev–Trinajstić information content (AvgIpc) is 3.82. The van der Waals surface area contributed by atoms with Crippen molar-refractivity contribution in [1.29, 1.82) is 0 Å². The number of carbonyl (C=O) groups is 2. The molecule has 222 valence electrons. The predicted molar refractivity (Wildman–Crippen MR) is 161 cm³/mol. The second-order valence-corrected chi connectivity index (χ2v) is 11.0. The third-order valence-corrected chi connectivity index (χ3v) is 8.10. The number of hydrogen-bond donors (Lipinski definition) is 4. The summed E-state index contributed by atoms with van der Waals surface area (Å²) in [5.41, 5.74) is 4.50. The highest BCUT2D eigenvalue weighted by Gasteiger charge is 2.26. The van der Waals surface area contributed by atoms with E-state index in [2.05, 4.69) is 35.6 Å². The number of piperazine rings is 1. The number of aliphatic hydroxyl groups is 1. The molecule has 0 radical (unpaired) electrons. The Labute approximate surface area is 251 Å². The molecule has 2 fully saturated rings. The fourth-order valence-electron chi connectivity index (χ4n) is 5.57. The zero-order valence-electron chi connectivity index (χ0n) is 23.7. The SMILES string of the molecule is O=C(Nc1nccc(-c2ncnc3[nH]c(-c4ccc(C(=O)N5CCNCC5)cn4)cc23)c1CO)c1ccc(C2CC2)cc1F. The van der Waals surface area contributed by atoms with E-state index in [1.807, 2.05) is 11.0 Å². The number of anilines is 1. The molecule has 2 aliphatic rings. The lowest BCUT2D eigenvalue weighted by Crippen LogP contribution is -2.46. The van der Waals surface area contributed by atoms with E-state index in [1.54, 1.807) is 30.5 Å². The minimum atomic E-state index is -0.661. The molecule has 12 heteroatoms. The van der Waals surface area contributed by atoms with Gasteiger partial charge in [-0.05, 0) is 60.7 Å². The molecule has 5 aromatic rings. The lowest BCUT2D eigenvalue weighted by atomic mass is 10.0. The van der Waals surface area contributed by atoms with E-state index < -0.39 is 18.3 Å². The number of carbonyl (C=O) groups excluding carboxylic acids is 2. The third kappa shape index (κ3) is 5.29. The van der Waals surface area contributed by atoms with Crippen LogP contribution in [0.4, 0.5) is 10.2 Å². The van der Waals surface area contributed by atoms with Gasteiger partial charge in [-0.1, -0.05) is 6.07 Å². The number of aromatic nitrogens is 5. The van der Waals surface area contributed by atoms with Crippen LogP contribution in [-0.2, 0) is 6.61 Å². The summed E-state index contributed by atoms with van der Waals surface area (Å²) in [4.78, 5) is 48.6. The molecule has 0 spiro atoms. The number of pyridine rings is 2. The Morgan fingerprint density at radius 1 is 1.02 bits per heavy atom. The van der Waals surface area contributed by atoms with Crippen LogP contribution in [0.5, 0.6) is 0 Å². The topological polar surface area (TPSA) is 149 Å². The van der Waals surface area contributed by atoms with Crippen LogP contribution in [0.1, 0.15) is 50.6 Å². The van der Waals surface area contributed by atoms with Crippen molar-refractivity contribution >= 4 is 28.7 Å². The quantitative estimate of drug-likeness (QED) is 0.222. The van der Waals surface area contributed by atoms with Crippen molar-refractivity contribution < 1.29 is 19.1 Å². The van der Waals surface area contributed by atoms with E-state index in [0.717, 1.165) is 31.5 Å². The van der Waals surface area contributed by atoms with E-state index in [1.165, 1.54) is 24.7 Å². The van der Waals surface area contributed by atoms with Crippen LogP contribution in [-0.4, -0.2) is 72.9 Å². The second-order valence-electron chi connectivity index (χ2n) is 11.0. The Morgan fingerprint density at radius 3 is 2.59 bits per heavy atom. The first-order valence-electron chi connectivity index (χ1n) is 14.5. The van der Waals surface area contributed by atoms with Gasteiger partial charge in [0, 0.05) is 55.1 Å². The molecule has 7 rings (SSSR count). The number of hydrogen-bond acceptors (Lipinski definition) is 8. The third-order valence-electron chi connectivity index (χ3n) is 8.10. The van der Waals surface area contributed by atoms with Gasteiger partial charge >= 0.3 is 0 Å². The number of nitrogens with zero attached hydrogens (tertiary/aromatic N) is 5. The fourth-order valence-corrected chi connectivity index (χ4v) is 5.57. The zero-order valence-corrected chi connectivity index (χ0v) is 23.7. The molecule has 1 saturated carbocycles. The number of halogens is 1. The number of fused-ring (bicyclic) bond motifs is 1. The monoisotopic (exact) mass is 592 g/mol. The Morgan fingerprint density at radius 2 is 1.86 bits per heavy atom. The first-order chi connectivity index (χ1) is 21.5. The van der Waals surface area contributed by atoms with Crippen molar-refractivity contribution in [3.05, 3.63) is 89.3 Å². The first kappa shape index (κ1) is 27.7. The molecule has 4 N–H and O–H groups in total. The lowest BCUT2D eigenvalue weighted by Gasteiger charge is -2.27. The van der Waals surface area contributed by atoms with Gasteiger partial charge in [0.25, 0.3) is 11.8 Å². The van der Waals surface area contributed by atoms with E-state index >= 15 is 0 Å². The molecule has 4 aromatic heterocycles. The van der Waals surface area contributed by atoms with Crippen molar-refractivity contribution in [2.45, 2.75) is 25.4 Å². The van der Waals surface area contributed by atoms with E-state index in [-0.39, 0.29) is 17.3 Å². The lowest BCUT2D eigenvalue weighted by molar-refractivity contribution is 0.0735. The molecule has 1 aliphatic carbocycles. The van der Waals surface area contributed by atoms with Gasteiger partial charge in [0.15, 0.2) is 0 Å². The van der Waals surface area contributed by atoms with Crippen LogP contribution in [0.2, 0.25) is 0 Å². The molecule has 5 heterocycles. The Hall–Kier alpha value is -5.07. The van der Waals surface area contributed by atoms with E-state index in [4.69, 9.17) is 0 Å². The largest absolute Gasteiger partial charge is 0.392 e. The van der Waals surface area contributed by atoms with Gasteiger partial charge in [-0.3, -0.25) is 14.6 Å². The van der Waals surface area contributed by atoms with Crippen molar-refractivity contribution in [1.82, 2.24) is 35.1 Å². The van der Waals surface area contributed by atoms with Crippen molar-refractivity contribution in [3.8, 4) is 22.6 Å². The number of nitrogens with one attached hydrogen (secondary N) is 3. The highest BCUT2D eigenvalue weighted by atomic mass is 19.1. The predicted octanol–water partition coefficient (Wildman–Crippen LogP) is 3.89. The molecule has 1 aliphatic heterocycles. The normalized spacial score (nSPS) is 15.0. The summed E-state index contributed by atoms with van der Waals surface area (Å²) in [6.07, 6.45) is 6.52. The van der Waals surface area contributed by atoms with Gasteiger partial charge in [-0.2, -0.15) is 0 Å². The summed E-state index contributed by atoms with van der Waals surface area (Å²) in [6, 6.07) is 11.8. The first-order valence-corrected chi connectivity index (χ1v) is 14.5. The Balaban J connectivity index is 1.17. The van der Waals surface area contributed by atoms with Crippen molar-refractivity contribution in [2.24, 2.45) is 0 Å². The summed E-state index contributed by atoms with van der Waals surface area (Å²) in [7, 11) is 0. The fraction of sp³-hybridized carbons (Fsp3) is 0.250. The van der Waals surface area contributed by atoms with E-state index in [9.17, 15) is 19.1 Å². The maximum absolute atomic E-state index is 14.8. The number of H-pyrrole nitrogens is 1. The van der Waals surface area contributed by atoms with Crippen LogP contribution >= 0.6 is 0 Å². The summed E-state index contributed by atoms with van der Waals surface area (Å²) < 4.78 is 14.8. The van der Waals surface area contributed by atoms with Crippen LogP contribution in [0.15, 0.2) is 61.2 Å². The molecule has 0 atom stereocenters. The number of aliphatic hydroxyl groups excluding tert-OH is 1. The molecular weight excluding hydrogens is 563 g/mol. The second kappa shape index (κ2) is 11.5. The summed E-state index contributed by atoms with van der Waals surface area (Å²) in [5.74, 6) is -0.840. The van der Waals surface area contributed by atoms with Gasteiger partial charge < -0.3 is 25.6 Å². The zero-order chi connectivity index (χ0) is 30.2. The molecule has 0 bridgehead atoms. The molecule has 0 unspecified atom stereocenters. The van der Waals surface area contributed by atoms with Gasteiger partial charge in [-0.25, -0.2) is 19.3 Å². The van der Waals surface area contributed by atoms with Crippen LogP contribution in [0.25, 0.3) is 33.7 Å². The molecular formula is C32H29FN8O3. The minimum absolute atomic E-state index is 0.0505. The van der Waals surface area contributed by atoms with E-state index in [0.29, 0.717) is 63.8 Å². The number of rotatable bonds is 7. The van der Waals surface area contributed by atoms with Crippen LogP contribution in [0.3, 0.4) is 0 Å². The van der Waals surface area contributed by atoms with Crippen LogP contribution in [0, 0.1) is 5.82 Å². The smallest absolute Gasteiger partial charge is 0.259 e. The molecule has 2 amide bonds. The molecule has 11 nitrogen and oxygen atoms in total. The molecule has 1 aromatic carbocycles. The van der Waals surface area contributed by atoms with Gasteiger partial charge in [-0.15, -0.1) is 0 Å². The standard InChI is InChI=1S/C32H29FN8O3/c33-25-13-19(18-1-2-18)3-5-22(25)31(43)40-30-24(16-42)21(7-8-35-30)28-23-14-27(39-29(23)38-17-37-28)26-6-4-20(15-36-26)32(44)41-11-9-34-10-12-41/h3-8,13-15,17-18,34,42H,1-2,9-12,16H2,(H,35,40,43)(H,37,38,39). The van der Waals surface area contributed by atoms with Crippen molar-refractivity contribution in [2.75, 3.05) is 31.5 Å². The number of benzene rings is 1. The Kier molecular flexibility index (Phi) is 7.28. The maximum atomic E-state index is 14.8. The Bertz CT molecular complexity index is 1880. The van der Waals surface area contributed by atoms with Crippen LogP contribution < -0.4 is 10.6 Å². The maximum Gasteiger partial charge on any atom is 0.259 e. The average molecular weight is 593 g/mol. The summed E-state index contributed by atoms with van der Waals surface area (Å²) in [5, 5.41) is 16.9. The van der Waals surface area contributed by atoms with Gasteiger partial charge in [0.2, 0.25) is 0 Å².